The van der Waals surface area contributed by atoms with Crippen molar-refractivity contribution in [2.45, 2.75) is 26.4 Å². The van der Waals surface area contributed by atoms with Crippen LogP contribution in [0.15, 0.2) is 24.5 Å². The van der Waals surface area contributed by atoms with Gasteiger partial charge in [0.25, 0.3) is 0 Å². The van der Waals surface area contributed by atoms with Crippen molar-refractivity contribution in [3.63, 3.8) is 0 Å². The molecule has 2 rings (SSSR count). The Morgan fingerprint density at radius 3 is 3.00 bits per heavy atom. The number of halogens is 1. The van der Waals surface area contributed by atoms with E-state index in [0.717, 1.165) is 24.5 Å². The molecule has 0 spiro atoms. The minimum Gasteiger partial charge on any atom is -0.494 e. The standard InChI is InChI=1S/C13H17FN4O/c1-3-6-18-13(16-9-17-18)8-15-10-4-5-11(14)12(7-10)19-2/h4-5,7,9,15H,3,6,8H2,1-2H3. The highest BCUT2D eigenvalue weighted by atomic mass is 19.1. The molecule has 6 heteroatoms. The fourth-order valence-electron chi connectivity index (χ4n) is 1.77. The third-order valence-electron chi connectivity index (χ3n) is 2.73. The van der Waals surface area contributed by atoms with Gasteiger partial charge in [0.2, 0.25) is 0 Å². The zero-order valence-corrected chi connectivity index (χ0v) is 11.1. The number of aryl methyl sites for hydroxylation is 1. The molecule has 0 saturated heterocycles. The van der Waals surface area contributed by atoms with Crippen molar-refractivity contribution in [3.05, 3.63) is 36.2 Å². The molecule has 0 aliphatic carbocycles. The normalized spacial score (nSPS) is 10.5. The molecule has 0 amide bonds. The molecule has 0 radical (unpaired) electrons. The molecule has 2 aromatic rings. The van der Waals surface area contributed by atoms with Crippen LogP contribution in [-0.2, 0) is 13.1 Å². The van der Waals surface area contributed by atoms with Crippen molar-refractivity contribution < 1.29 is 9.13 Å². The molecule has 1 aromatic heterocycles. The first-order valence-electron chi connectivity index (χ1n) is 6.18. The molecule has 0 unspecified atom stereocenters. The number of nitrogens with zero attached hydrogens (tertiary/aromatic N) is 3. The first-order valence-corrected chi connectivity index (χ1v) is 6.18. The summed E-state index contributed by atoms with van der Waals surface area (Å²) in [7, 11) is 1.44. The summed E-state index contributed by atoms with van der Waals surface area (Å²) in [5.74, 6) is 0.701. The molecule has 0 aliphatic heterocycles. The number of hydrogen-bond acceptors (Lipinski definition) is 4. The molecule has 1 heterocycles. The van der Waals surface area contributed by atoms with Crippen molar-refractivity contribution in [3.8, 4) is 5.75 Å². The summed E-state index contributed by atoms with van der Waals surface area (Å²) in [6.45, 7) is 3.46. The topological polar surface area (TPSA) is 52.0 Å². The second-order valence-electron chi connectivity index (χ2n) is 4.10. The number of nitrogens with one attached hydrogen (secondary N) is 1. The van der Waals surface area contributed by atoms with Crippen LogP contribution < -0.4 is 10.1 Å². The fourth-order valence-corrected chi connectivity index (χ4v) is 1.77. The first kappa shape index (κ1) is 13.3. The Hall–Kier alpha value is -2.11. The SMILES string of the molecule is CCCn1ncnc1CNc1ccc(F)c(OC)c1. The third kappa shape index (κ3) is 3.21. The summed E-state index contributed by atoms with van der Waals surface area (Å²) in [4.78, 5) is 4.19. The number of methoxy groups -OCH3 is 1. The molecule has 5 nitrogen and oxygen atoms in total. The molecule has 1 N–H and O–H groups in total. The van der Waals surface area contributed by atoms with Crippen LogP contribution in [0.1, 0.15) is 19.2 Å². The number of rotatable bonds is 6. The second-order valence-corrected chi connectivity index (χ2v) is 4.10. The predicted molar refractivity (Wildman–Crippen MR) is 70.6 cm³/mol. The van der Waals surface area contributed by atoms with Gasteiger partial charge < -0.3 is 10.1 Å². The summed E-state index contributed by atoms with van der Waals surface area (Å²) in [5, 5.41) is 7.32. The zero-order chi connectivity index (χ0) is 13.7. The predicted octanol–water partition coefficient (Wildman–Crippen LogP) is 2.45. The summed E-state index contributed by atoms with van der Waals surface area (Å²) in [5.41, 5.74) is 0.782. The monoisotopic (exact) mass is 264 g/mol. The Balaban J connectivity index is 2.04. The van der Waals surface area contributed by atoms with Gasteiger partial charge in [-0.2, -0.15) is 5.10 Å². The molecule has 0 atom stereocenters. The van der Waals surface area contributed by atoms with Crippen molar-refractivity contribution in [2.75, 3.05) is 12.4 Å². The molecular formula is C13H17FN4O. The Bertz CT molecular complexity index is 541. The van der Waals surface area contributed by atoms with Crippen LogP contribution in [0.5, 0.6) is 5.75 Å². The van der Waals surface area contributed by atoms with E-state index in [9.17, 15) is 4.39 Å². The third-order valence-corrected chi connectivity index (χ3v) is 2.73. The number of hydrogen-bond donors (Lipinski definition) is 1. The number of aromatic nitrogens is 3. The lowest BCUT2D eigenvalue weighted by atomic mass is 10.3. The smallest absolute Gasteiger partial charge is 0.165 e. The van der Waals surface area contributed by atoms with Gasteiger partial charge in [0.05, 0.1) is 13.7 Å². The van der Waals surface area contributed by atoms with Gasteiger partial charge in [-0.15, -0.1) is 0 Å². The van der Waals surface area contributed by atoms with Crippen LogP contribution in [0, 0.1) is 5.82 Å². The Morgan fingerprint density at radius 1 is 1.42 bits per heavy atom. The molecule has 0 saturated carbocycles. The number of ether oxygens (including phenoxy) is 1. The van der Waals surface area contributed by atoms with Gasteiger partial charge in [0, 0.05) is 18.3 Å². The van der Waals surface area contributed by atoms with E-state index in [1.807, 2.05) is 4.68 Å². The van der Waals surface area contributed by atoms with Gasteiger partial charge in [0.1, 0.15) is 12.2 Å². The van der Waals surface area contributed by atoms with E-state index in [4.69, 9.17) is 4.74 Å². The average Bonchev–Trinajstić information content (AvgIpc) is 2.86. The Kier molecular flexibility index (Phi) is 4.33. The van der Waals surface area contributed by atoms with Crippen LogP contribution in [0.3, 0.4) is 0 Å². The lowest BCUT2D eigenvalue weighted by molar-refractivity contribution is 0.387. The lowest BCUT2D eigenvalue weighted by Gasteiger charge is -2.09. The minimum absolute atomic E-state index is 0.222. The van der Waals surface area contributed by atoms with E-state index in [1.54, 1.807) is 12.1 Å². The lowest BCUT2D eigenvalue weighted by Crippen LogP contribution is -2.10. The molecule has 1 aromatic carbocycles. The highest BCUT2D eigenvalue weighted by Crippen LogP contribution is 2.21. The number of benzene rings is 1. The summed E-state index contributed by atoms with van der Waals surface area (Å²) < 4.78 is 20.1. The van der Waals surface area contributed by atoms with Crippen LogP contribution >= 0.6 is 0 Å². The molecular weight excluding hydrogens is 247 g/mol. The van der Waals surface area contributed by atoms with Gasteiger partial charge in [-0.05, 0) is 18.6 Å². The molecule has 0 bridgehead atoms. The Morgan fingerprint density at radius 2 is 2.26 bits per heavy atom. The maximum atomic E-state index is 13.3. The van der Waals surface area contributed by atoms with E-state index < -0.39 is 0 Å². The largest absolute Gasteiger partial charge is 0.494 e. The minimum atomic E-state index is -0.373. The van der Waals surface area contributed by atoms with Crippen LogP contribution in [-0.4, -0.2) is 21.9 Å². The van der Waals surface area contributed by atoms with Crippen molar-refractivity contribution in [2.24, 2.45) is 0 Å². The maximum Gasteiger partial charge on any atom is 0.165 e. The van der Waals surface area contributed by atoms with E-state index in [1.165, 1.54) is 19.5 Å². The van der Waals surface area contributed by atoms with Gasteiger partial charge in [-0.1, -0.05) is 6.92 Å². The summed E-state index contributed by atoms with van der Waals surface area (Å²) >= 11 is 0. The average molecular weight is 264 g/mol. The van der Waals surface area contributed by atoms with E-state index in [0.29, 0.717) is 6.54 Å². The van der Waals surface area contributed by atoms with Crippen molar-refractivity contribution in [1.29, 1.82) is 0 Å². The molecule has 102 valence electrons. The van der Waals surface area contributed by atoms with Gasteiger partial charge in [-0.25, -0.2) is 14.1 Å². The fraction of sp³-hybridized carbons (Fsp3) is 0.385. The highest BCUT2D eigenvalue weighted by Gasteiger charge is 2.06. The summed E-state index contributed by atoms with van der Waals surface area (Å²) in [6.07, 6.45) is 2.54. The van der Waals surface area contributed by atoms with Crippen molar-refractivity contribution >= 4 is 5.69 Å². The van der Waals surface area contributed by atoms with Crippen LogP contribution in [0.25, 0.3) is 0 Å². The Labute approximate surface area is 111 Å². The zero-order valence-electron chi connectivity index (χ0n) is 11.1. The highest BCUT2D eigenvalue weighted by molar-refractivity contribution is 5.48. The van der Waals surface area contributed by atoms with E-state index in [2.05, 4.69) is 22.3 Å². The van der Waals surface area contributed by atoms with E-state index >= 15 is 0 Å². The van der Waals surface area contributed by atoms with Gasteiger partial charge in [0.15, 0.2) is 11.6 Å². The van der Waals surface area contributed by atoms with Crippen LogP contribution in [0.2, 0.25) is 0 Å². The van der Waals surface area contributed by atoms with Crippen molar-refractivity contribution in [1.82, 2.24) is 14.8 Å². The molecule has 0 aliphatic rings. The van der Waals surface area contributed by atoms with Crippen LogP contribution in [0.4, 0.5) is 10.1 Å². The molecule has 0 fully saturated rings. The van der Waals surface area contributed by atoms with Gasteiger partial charge >= 0.3 is 0 Å². The number of anilines is 1. The molecule has 19 heavy (non-hydrogen) atoms. The van der Waals surface area contributed by atoms with E-state index in [-0.39, 0.29) is 11.6 Å². The first-order chi connectivity index (χ1) is 9.24. The quantitative estimate of drug-likeness (QED) is 0.870. The van der Waals surface area contributed by atoms with Gasteiger partial charge in [-0.3, -0.25) is 0 Å². The maximum absolute atomic E-state index is 13.3. The second kappa shape index (κ2) is 6.17. The summed E-state index contributed by atoms with van der Waals surface area (Å²) in [6, 6.07) is 4.66.